The van der Waals surface area contributed by atoms with E-state index in [-0.39, 0.29) is 10.7 Å². The fraction of sp³-hybridized carbons (Fsp3) is 0.300. The van der Waals surface area contributed by atoms with E-state index in [2.05, 4.69) is 0 Å². The Morgan fingerprint density at radius 3 is 2.45 bits per heavy atom. The summed E-state index contributed by atoms with van der Waals surface area (Å²) in [5.41, 5.74) is -1.65. The number of carbonyl (C=O) groups is 1. The highest BCUT2D eigenvalue weighted by Crippen LogP contribution is 2.29. The van der Waals surface area contributed by atoms with Crippen LogP contribution in [-0.2, 0) is 10.3 Å². The van der Waals surface area contributed by atoms with Gasteiger partial charge >= 0.3 is 16.3 Å². The van der Waals surface area contributed by atoms with Crippen molar-refractivity contribution in [3.63, 3.8) is 0 Å². The lowest BCUT2D eigenvalue weighted by Gasteiger charge is -2.21. The van der Waals surface area contributed by atoms with Gasteiger partial charge in [-0.15, -0.1) is 0 Å². The molecule has 0 fully saturated rings. The van der Waals surface area contributed by atoms with Crippen LogP contribution in [0.15, 0.2) is 12.1 Å². The van der Waals surface area contributed by atoms with Crippen LogP contribution in [-0.4, -0.2) is 37.3 Å². The molecule has 0 bridgehead atoms. The maximum Gasteiger partial charge on any atom is 0.360 e. The average molecular weight is 330 g/mol. The maximum atomic E-state index is 14.0. The normalized spacial score (nSPS) is 11.4. The van der Waals surface area contributed by atoms with Gasteiger partial charge < -0.3 is 5.11 Å². The maximum absolute atomic E-state index is 14.0. The molecule has 0 aliphatic carbocycles. The number of hydrogen-bond donors (Lipinski definition) is 2. The summed E-state index contributed by atoms with van der Waals surface area (Å²) in [6.45, 7) is -1.44. The number of benzene rings is 1. The van der Waals surface area contributed by atoms with Gasteiger partial charge in [-0.1, -0.05) is 11.6 Å². The van der Waals surface area contributed by atoms with Crippen molar-refractivity contribution in [2.75, 3.05) is 17.5 Å². The van der Waals surface area contributed by atoms with E-state index in [9.17, 15) is 22.0 Å². The Bertz CT molecular complexity index is 622. The van der Waals surface area contributed by atoms with Gasteiger partial charge in [0.1, 0.15) is 5.56 Å². The van der Waals surface area contributed by atoms with Crippen molar-refractivity contribution < 1.29 is 31.7 Å². The van der Waals surface area contributed by atoms with Gasteiger partial charge in [0, 0.05) is 6.54 Å². The molecule has 0 aliphatic rings. The summed E-state index contributed by atoms with van der Waals surface area (Å²) >= 11 is 5.51. The molecule has 1 aromatic carbocycles. The van der Waals surface area contributed by atoms with Gasteiger partial charge in [-0.05, 0) is 18.6 Å². The molecule has 0 saturated heterocycles. The zero-order valence-electron chi connectivity index (χ0n) is 9.88. The highest BCUT2D eigenvalue weighted by Gasteiger charge is 2.27. The molecule has 2 N–H and O–H groups in total. The van der Waals surface area contributed by atoms with Crippen LogP contribution in [0.4, 0.5) is 14.5 Å². The molecule has 1 aromatic rings. The van der Waals surface area contributed by atoms with E-state index in [1.54, 1.807) is 0 Å². The lowest BCUT2D eigenvalue weighted by atomic mass is 10.2. The minimum Gasteiger partial charge on any atom is -0.478 e. The minimum atomic E-state index is -4.88. The Kier molecular flexibility index (Phi) is 5.26. The van der Waals surface area contributed by atoms with Gasteiger partial charge in [-0.25, -0.2) is 13.5 Å². The molecule has 112 valence electrons. The molecule has 0 aromatic heterocycles. The number of halogens is 3. The van der Waals surface area contributed by atoms with E-state index < -0.39 is 51.6 Å². The first-order valence-corrected chi connectivity index (χ1v) is 7.00. The van der Waals surface area contributed by atoms with Crippen molar-refractivity contribution >= 4 is 33.6 Å². The fourth-order valence-electron chi connectivity index (χ4n) is 1.49. The largest absolute Gasteiger partial charge is 0.478 e. The van der Waals surface area contributed by atoms with Crippen LogP contribution >= 0.6 is 11.6 Å². The summed E-state index contributed by atoms with van der Waals surface area (Å²) in [5.74, 6) is -3.13. The summed E-state index contributed by atoms with van der Waals surface area (Å²) in [6, 6.07) is 1.85. The van der Waals surface area contributed by atoms with Crippen LogP contribution < -0.4 is 4.31 Å². The van der Waals surface area contributed by atoms with Crippen molar-refractivity contribution in [3.05, 3.63) is 28.5 Å². The van der Waals surface area contributed by atoms with Gasteiger partial charge in [-0.2, -0.15) is 8.42 Å². The zero-order chi connectivity index (χ0) is 15.5. The molecule has 6 nitrogen and oxygen atoms in total. The van der Waals surface area contributed by atoms with Crippen molar-refractivity contribution in [3.8, 4) is 0 Å². The van der Waals surface area contributed by atoms with Crippen molar-refractivity contribution in [2.24, 2.45) is 0 Å². The van der Waals surface area contributed by atoms with Crippen LogP contribution in [0.3, 0.4) is 0 Å². The van der Waals surface area contributed by atoms with Crippen LogP contribution in [0.2, 0.25) is 5.02 Å². The predicted octanol–water partition coefficient (Wildman–Crippen LogP) is 2.15. The first kappa shape index (κ1) is 16.6. The molecule has 20 heavy (non-hydrogen) atoms. The van der Waals surface area contributed by atoms with E-state index in [1.165, 1.54) is 0 Å². The van der Waals surface area contributed by atoms with E-state index in [4.69, 9.17) is 21.3 Å². The third-order valence-corrected chi connectivity index (χ3v) is 3.58. The van der Waals surface area contributed by atoms with Gasteiger partial charge in [0.2, 0.25) is 0 Å². The van der Waals surface area contributed by atoms with Crippen LogP contribution in [0.25, 0.3) is 0 Å². The summed E-state index contributed by atoms with van der Waals surface area (Å²) in [7, 11) is -4.88. The second-order valence-corrected chi connectivity index (χ2v) is 5.40. The van der Waals surface area contributed by atoms with Crippen molar-refractivity contribution in [1.29, 1.82) is 0 Å². The number of carboxylic acid groups (broad SMARTS) is 1. The Hall–Kier alpha value is -1.45. The van der Waals surface area contributed by atoms with E-state index in [1.807, 2.05) is 0 Å². The van der Waals surface area contributed by atoms with E-state index in [0.717, 1.165) is 12.1 Å². The van der Waals surface area contributed by atoms with Crippen LogP contribution in [0.1, 0.15) is 16.8 Å². The topological polar surface area (TPSA) is 94.9 Å². The molecule has 10 heteroatoms. The highest BCUT2D eigenvalue weighted by atomic mass is 35.5. The Balaban J connectivity index is 3.42. The molecular weight excluding hydrogens is 320 g/mol. The van der Waals surface area contributed by atoms with Crippen molar-refractivity contribution in [2.45, 2.75) is 6.42 Å². The summed E-state index contributed by atoms with van der Waals surface area (Å²) in [4.78, 5) is 10.9. The third-order valence-electron chi connectivity index (χ3n) is 2.33. The monoisotopic (exact) mass is 329 g/mol. The first-order valence-electron chi connectivity index (χ1n) is 5.22. The average Bonchev–Trinajstić information content (AvgIpc) is 2.30. The summed E-state index contributed by atoms with van der Waals surface area (Å²) in [5, 5.41) is 8.39. The lowest BCUT2D eigenvalue weighted by Crippen LogP contribution is -2.32. The molecule has 0 heterocycles. The SMILES string of the molecule is O=C(O)c1c(Cl)ccc(N(CCCF)S(=O)(=O)O)c1F. The molecule has 0 aliphatic heterocycles. The zero-order valence-corrected chi connectivity index (χ0v) is 11.5. The molecule has 0 radical (unpaired) electrons. The Morgan fingerprint density at radius 1 is 1.40 bits per heavy atom. The van der Waals surface area contributed by atoms with E-state index >= 15 is 0 Å². The van der Waals surface area contributed by atoms with Gasteiger partial charge in [0.25, 0.3) is 0 Å². The number of hydrogen-bond acceptors (Lipinski definition) is 3. The summed E-state index contributed by atoms with van der Waals surface area (Å²) < 4.78 is 57.6. The Morgan fingerprint density at radius 2 is 2.00 bits per heavy atom. The minimum absolute atomic E-state index is 0.171. The second-order valence-electron chi connectivity index (χ2n) is 3.65. The molecule has 0 unspecified atom stereocenters. The van der Waals surface area contributed by atoms with Crippen LogP contribution in [0.5, 0.6) is 0 Å². The van der Waals surface area contributed by atoms with Gasteiger partial charge in [0.15, 0.2) is 5.82 Å². The molecule has 0 amide bonds. The molecule has 0 atom stereocenters. The molecule has 1 rings (SSSR count). The fourth-order valence-corrected chi connectivity index (χ4v) is 2.47. The number of alkyl halides is 1. The predicted molar refractivity (Wildman–Crippen MR) is 67.9 cm³/mol. The lowest BCUT2D eigenvalue weighted by molar-refractivity contribution is 0.0692. The van der Waals surface area contributed by atoms with Crippen LogP contribution in [0, 0.1) is 5.82 Å². The quantitative estimate of drug-likeness (QED) is 0.780. The standard InChI is InChI=1S/C10H10ClF2NO5S/c11-6-2-3-7(9(13)8(6)10(15)16)14(5-1-4-12)20(17,18)19/h2-3H,1,4-5H2,(H,15,16)(H,17,18,19). The highest BCUT2D eigenvalue weighted by molar-refractivity contribution is 7.87. The number of anilines is 1. The number of rotatable bonds is 6. The van der Waals surface area contributed by atoms with Gasteiger partial charge in [-0.3, -0.25) is 8.94 Å². The smallest absolute Gasteiger partial charge is 0.360 e. The third kappa shape index (κ3) is 3.56. The van der Waals surface area contributed by atoms with E-state index in [0.29, 0.717) is 0 Å². The number of aromatic carboxylic acids is 1. The molecule has 0 saturated carbocycles. The Labute approximate surface area is 118 Å². The number of nitrogens with zero attached hydrogens (tertiary/aromatic N) is 1. The number of carboxylic acids is 1. The second kappa shape index (κ2) is 6.33. The first-order chi connectivity index (χ1) is 9.20. The molecule has 0 spiro atoms. The summed E-state index contributed by atoms with van der Waals surface area (Å²) in [6.07, 6.45) is -0.301. The molecular formula is C10H10ClF2NO5S. The van der Waals surface area contributed by atoms with Gasteiger partial charge in [0.05, 0.1) is 17.4 Å². The van der Waals surface area contributed by atoms with Crippen molar-refractivity contribution in [1.82, 2.24) is 0 Å².